The Morgan fingerprint density at radius 2 is 1.25 bits per heavy atom. The molecule has 0 unspecified atom stereocenters. The van der Waals surface area contributed by atoms with Crippen molar-refractivity contribution in [3.8, 4) is 5.75 Å². The van der Waals surface area contributed by atoms with Gasteiger partial charge in [-0.1, -0.05) is 58.3 Å². The topological polar surface area (TPSA) is 83.8 Å². The number of carboxylic acid groups (broad SMARTS) is 2. The highest BCUT2D eigenvalue weighted by Crippen LogP contribution is 2.18. The molecular weight excluding hydrogens is 308 g/mol. The van der Waals surface area contributed by atoms with Crippen LogP contribution in [0, 0.1) is 0 Å². The van der Waals surface area contributed by atoms with Gasteiger partial charge in [0, 0.05) is 0 Å². The molecule has 0 amide bonds. The smallest absolute Gasteiger partial charge is 0.335 e. The maximum Gasteiger partial charge on any atom is 0.335 e. The van der Waals surface area contributed by atoms with Crippen LogP contribution in [0.15, 0.2) is 18.2 Å². The summed E-state index contributed by atoms with van der Waals surface area (Å²) in [5, 5.41) is 18.0. The fourth-order valence-electron chi connectivity index (χ4n) is 2.53. The van der Waals surface area contributed by atoms with E-state index >= 15 is 0 Å². The molecule has 2 N–H and O–H groups in total. The van der Waals surface area contributed by atoms with E-state index in [0.29, 0.717) is 12.4 Å². The summed E-state index contributed by atoms with van der Waals surface area (Å²) < 4.78 is 5.52. The Morgan fingerprint density at radius 1 is 0.792 bits per heavy atom. The Morgan fingerprint density at radius 3 is 1.71 bits per heavy atom. The molecule has 5 heteroatoms. The third-order valence-corrected chi connectivity index (χ3v) is 3.92. The molecule has 134 valence electrons. The van der Waals surface area contributed by atoms with Crippen LogP contribution in [0.5, 0.6) is 5.75 Å². The lowest BCUT2D eigenvalue weighted by molar-refractivity contribution is 0.0696. The van der Waals surface area contributed by atoms with Gasteiger partial charge in [0.05, 0.1) is 17.7 Å². The quantitative estimate of drug-likeness (QED) is 0.496. The Kier molecular flexibility index (Phi) is 9.58. The van der Waals surface area contributed by atoms with Crippen LogP contribution < -0.4 is 4.74 Å². The van der Waals surface area contributed by atoms with Crippen LogP contribution in [-0.4, -0.2) is 28.8 Å². The van der Waals surface area contributed by atoms with Gasteiger partial charge in [-0.25, -0.2) is 9.59 Å². The van der Waals surface area contributed by atoms with Crippen molar-refractivity contribution < 1.29 is 24.5 Å². The standard InChI is InChI=1S/C19H28O5/c1-2-3-4-5-6-7-8-9-10-11-24-17-13-15(18(20)21)12-16(14-17)19(22)23/h12-14H,2-11H2,1H3,(H,20,21)(H,22,23). The van der Waals surface area contributed by atoms with E-state index in [0.717, 1.165) is 18.9 Å². The first-order valence-electron chi connectivity index (χ1n) is 8.79. The van der Waals surface area contributed by atoms with Crippen LogP contribution in [0.2, 0.25) is 0 Å². The van der Waals surface area contributed by atoms with Crippen molar-refractivity contribution in [1.29, 1.82) is 0 Å². The Labute approximate surface area is 143 Å². The molecule has 0 radical (unpaired) electrons. The zero-order valence-corrected chi connectivity index (χ0v) is 14.4. The lowest BCUT2D eigenvalue weighted by atomic mass is 10.1. The minimum Gasteiger partial charge on any atom is -0.494 e. The van der Waals surface area contributed by atoms with Crippen molar-refractivity contribution in [1.82, 2.24) is 0 Å². The normalized spacial score (nSPS) is 10.5. The van der Waals surface area contributed by atoms with Gasteiger partial charge >= 0.3 is 11.9 Å². The Balaban J connectivity index is 2.27. The monoisotopic (exact) mass is 336 g/mol. The number of hydrogen-bond donors (Lipinski definition) is 2. The van der Waals surface area contributed by atoms with Crippen molar-refractivity contribution in [2.75, 3.05) is 6.61 Å². The summed E-state index contributed by atoms with van der Waals surface area (Å²) in [7, 11) is 0. The molecule has 0 fully saturated rings. The molecule has 0 aromatic heterocycles. The van der Waals surface area contributed by atoms with E-state index in [1.165, 1.54) is 57.1 Å². The predicted octanol–water partition coefficient (Wildman–Crippen LogP) is 4.99. The van der Waals surface area contributed by atoms with Crippen molar-refractivity contribution in [2.45, 2.75) is 64.7 Å². The highest BCUT2D eigenvalue weighted by Gasteiger charge is 2.12. The Hall–Kier alpha value is -2.04. The predicted molar refractivity (Wildman–Crippen MR) is 93.1 cm³/mol. The number of ether oxygens (including phenoxy) is 1. The molecule has 0 aliphatic rings. The fourth-order valence-corrected chi connectivity index (χ4v) is 2.53. The number of aromatic carboxylic acids is 2. The van der Waals surface area contributed by atoms with Crippen molar-refractivity contribution in [3.63, 3.8) is 0 Å². The number of unbranched alkanes of at least 4 members (excludes halogenated alkanes) is 8. The van der Waals surface area contributed by atoms with Crippen molar-refractivity contribution >= 4 is 11.9 Å². The van der Waals surface area contributed by atoms with Gasteiger partial charge in [-0.05, 0) is 24.6 Å². The molecular formula is C19H28O5. The van der Waals surface area contributed by atoms with Crippen LogP contribution in [0.3, 0.4) is 0 Å². The summed E-state index contributed by atoms with van der Waals surface area (Å²) in [6, 6.07) is 3.86. The average molecular weight is 336 g/mol. The van der Waals surface area contributed by atoms with Crippen LogP contribution in [0.25, 0.3) is 0 Å². The van der Waals surface area contributed by atoms with Crippen LogP contribution in [0.4, 0.5) is 0 Å². The number of rotatable bonds is 13. The van der Waals surface area contributed by atoms with Gasteiger partial charge in [-0.2, -0.15) is 0 Å². The van der Waals surface area contributed by atoms with E-state index < -0.39 is 11.9 Å². The van der Waals surface area contributed by atoms with Gasteiger partial charge in [0.2, 0.25) is 0 Å². The molecule has 0 atom stereocenters. The van der Waals surface area contributed by atoms with Crippen LogP contribution in [0.1, 0.15) is 85.4 Å². The third-order valence-electron chi connectivity index (χ3n) is 3.92. The second-order valence-electron chi connectivity index (χ2n) is 6.03. The van der Waals surface area contributed by atoms with Gasteiger partial charge in [-0.15, -0.1) is 0 Å². The van der Waals surface area contributed by atoms with E-state index in [4.69, 9.17) is 14.9 Å². The van der Waals surface area contributed by atoms with Crippen LogP contribution >= 0.6 is 0 Å². The van der Waals surface area contributed by atoms with Crippen molar-refractivity contribution in [2.24, 2.45) is 0 Å². The van der Waals surface area contributed by atoms with E-state index in [9.17, 15) is 9.59 Å². The number of benzene rings is 1. The first kappa shape index (κ1) is 20.0. The Bertz CT molecular complexity index is 492. The summed E-state index contributed by atoms with van der Waals surface area (Å²) in [5.41, 5.74) is -0.144. The molecule has 1 rings (SSSR count). The van der Waals surface area contributed by atoms with Crippen molar-refractivity contribution in [3.05, 3.63) is 29.3 Å². The SMILES string of the molecule is CCCCCCCCCCCOc1cc(C(=O)O)cc(C(=O)O)c1. The number of hydrogen-bond acceptors (Lipinski definition) is 3. The first-order chi connectivity index (χ1) is 11.5. The molecule has 0 bridgehead atoms. The molecule has 0 spiro atoms. The lowest BCUT2D eigenvalue weighted by Crippen LogP contribution is -2.05. The zero-order valence-electron chi connectivity index (χ0n) is 14.4. The van der Waals surface area contributed by atoms with E-state index in [2.05, 4.69) is 6.92 Å². The minimum atomic E-state index is -1.16. The summed E-state index contributed by atoms with van der Waals surface area (Å²) in [6.07, 6.45) is 10.9. The molecule has 0 aliphatic carbocycles. The molecule has 0 saturated carbocycles. The molecule has 0 aliphatic heterocycles. The van der Waals surface area contributed by atoms with E-state index in [1.807, 2.05) is 0 Å². The molecule has 0 saturated heterocycles. The average Bonchev–Trinajstić information content (AvgIpc) is 2.56. The maximum absolute atomic E-state index is 11.0. The summed E-state index contributed by atoms with van der Waals surface area (Å²) in [6.45, 7) is 2.68. The number of carbonyl (C=O) groups is 2. The lowest BCUT2D eigenvalue weighted by Gasteiger charge is -2.08. The highest BCUT2D eigenvalue weighted by molar-refractivity contribution is 5.94. The summed E-state index contributed by atoms with van der Waals surface area (Å²) >= 11 is 0. The van der Waals surface area contributed by atoms with Gasteiger partial charge in [-0.3, -0.25) is 0 Å². The second-order valence-corrected chi connectivity index (χ2v) is 6.03. The molecule has 5 nitrogen and oxygen atoms in total. The van der Waals surface area contributed by atoms with Gasteiger partial charge < -0.3 is 14.9 Å². The van der Waals surface area contributed by atoms with Gasteiger partial charge in [0.25, 0.3) is 0 Å². The zero-order chi connectivity index (χ0) is 17.8. The number of carboxylic acids is 2. The summed E-state index contributed by atoms with van der Waals surface area (Å²) in [5.74, 6) is -2.02. The maximum atomic E-state index is 11.0. The molecule has 24 heavy (non-hydrogen) atoms. The van der Waals surface area contributed by atoms with Gasteiger partial charge in [0.15, 0.2) is 0 Å². The van der Waals surface area contributed by atoms with E-state index in [-0.39, 0.29) is 11.1 Å². The molecule has 1 aromatic rings. The highest BCUT2D eigenvalue weighted by atomic mass is 16.5. The minimum absolute atomic E-state index is 0.0722. The third kappa shape index (κ3) is 7.99. The van der Waals surface area contributed by atoms with Gasteiger partial charge in [0.1, 0.15) is 5.75 Å². The van der Waals surface area contributed by atoms with E-state index in [1.54, 1.807) is 0 Å². The molecule has 1 aromatic carbocycles. The van der Waals surface area contributed by atoms with Crippen LogP contribution in [-0.2, 0) is 0 Å². The largest absolute Gasteiger partial charge is 0.494 e. The first-order valence-corrected chi connectivity index (χ1v) is 8.79. The second kappa shape index (κ2) is 11.5. The fraction of sp³-hybridized carbons (Fsp3) is 0.579. The molecule has 0 heterocycles. The summed E-state index contributed by atoms with van der Waals surface area (Å²) in [4.78, 5) is 22.0.